The average Bonchev–Trinajstić information content (AvgIpc) is 2.98. The highest BCUT2D eigenvalue weighted by molar-refractivity contribution is 6.07. The van der Waals surface area contributed by atoms with Gasteiger partial charge in [0.1, 0.15) is 5.69 Å². The van der Waals surface area contributed by atoms with E-state index in [1.54, 1.807) is 24.3 Å². The van der Waals surface area contributed by atoms with E-state index >= 15 is 0 Å². The van der Waals surface area contributed by atoms with Gasteiger partial charge in [-0.15, -0.1) is 0 Å². The van der Waals surface area contributed by atoms with Gasteiger partial charge < -0.3 is 10.6 Å². The zero-order valence-electron chi connectivity index (χ0n) is 20.7. The second kappa shape index (κ2) is 11.2. The number of nitro groups is 1. The highest BCUT2D eigenvalue weighted by Crippen LogP contribution is 2.29. The van der Waals surface area contributed by atoms with E-state index in [4.69, 9.17) is 0 Å². The fraction of sp³-hybridized carbons (Fsp3) is 0. The fourth-order valence-electron chi connectivity index (χ4n) is 4.16. The van der Waals surface area contributed by atoms with Gasteiger partial charge in [-0.3, -0.25) is 19.7 Å². The summed E-state index contributed by atoms with van der Waals surface area (Å²) >= 11 is 0. The molecule has 0 saturated heterocycles. The number of anilines is 2. The number of carbonyl (C=O) groups is 2. The van der Waals surface area contributed by atoms with Gasteiger partial charge in [-0.2, -0.15) is 0 Å². The Balaban J connectivity index is 1.32. The van der Waals surface area contributed by atoms with Crippen LogP contribution in [-0.4, -0.2) is 16.7 Å². The summed E-state index contributed by atoms with van der Waals surface area (Å²) < 4.78 is 0. The van der Waals surface area contributed by atoms with Gasteiger partial charge in [0.2, 0.25) is 0 Å². The monoisotopic (exact) mass is 513 g/mol. The molecular weight excluding hydrogens is 490 g/mol. The van der Waals surface area contributed by atoms with Crippen LogP contribution in [0.15, 0.2) is 127 Å². The molecule has 190 valence electrons. The van der Waals surface area contributed by atoms with Crippen LogP contribution in [0.2, 0.25) is 0 Å². The van der Waals surface area contributed by atoms with Crippen molar-refractivity contribution in [1.29, 1.82) is 0 Å². The quantitative estimate of drug-likeness (QED) is 0.174. The molecule has 2 N–H and O–H groups in total. The van der Waals surface area contributed by atoms with Crippen molar-refractivity contribution in [1.82, 2.24) is 0 Å². The van der Waals surface area contributed by atoms with Crippen LogP contribution in [-0.2, 0) is 0 Å². The molecule has 0 radical (unpaired) electrons. The van der Waals surface area contributed by atoms with Crippen molar-refractivity contribution < 1.29 is 14.5 Å². The number of benzene rings is 5. The first-order valence-corrected chi connectivity index (χ1v) is 12.2. The second-order valence-corrected chi connectivity index (χ2v) is 8.78. The average molecular weight is 514 g/mol. The molecule has 5 rings (SSSR count). The highest BCUT2D eigenvalue weighted by Gasteiger charge is 2.18. The number of hydrogen-bond acceptors (Lipinski definition) is 4. The summed E-state index contributed by atoms with van der Waals surface area (Å²) in [6, 6.07) is 37.7. The topological polar surface area (TPSA) is 101 Å². The maximum absolute atomic E-state index is 12.9. The van der Waals surface area contributed by atoms with Crippen molar-refractivity contribution >= 4 is 28.9 Å². The van der Waals surface area contributed by atoms with Gasteiger partial charge in [0.15, 0.2) is 0 Å². The molecule has 0 fully saturated rings. The standard InChI is InChI=1S/C32H23N3O4/c36-31(26-15-11-24(12-16-26)22-7-3-1-4-8-22)33-28-19-20-30(35(38)39)29(21-28)34-32(37)27-17-13-25(14-18-27)23-9-5-2-6-10-23/h1-21H,(H,33,36)(H,34,37). The summed E-state index contributed by atoms with van der Waals surface area (Å²) in [5.41, 5.74) is 4.75. The van der Waals surface area contributed by atoms with Crippen LogP contribution in [0.4, 0.5) is 17.1 Å². The third kappa shape index (κ3) is 5.89. The molecule has 0 saturated carbocycles. The molecule has 5 aromatic carbocycles. The smallest absolute Gasteiger partial charge is 0.292 e. The SMILES string of the molecule is O=C(Nc1ccc([N+](=O)[O-])c(NC(=O)c2ccc(-c3ccccc3)cc2)c1)c1ccc(-c2ccccc2)cc1. The predicted molar refractivity (Wildman–Crippen MR) is 153 cm³/mol. The van der Waals surface area contributed by atoms with E-state index in [9.17, 15) is 19.7 Å². The van der Waals surface area contributed by atoms with E-state index in [2.05, 4.69) is 10.6 Å². The van der Waals surface area contributed by atoms with Crippen molar-refractivity contribution in [3.05, 3.63) is 149 Å². The third-order valence-electron chi connectivity index (χ3n) is 6.21. The molecule has 7 heteroatoms. The van der Waals surface area contributed by atoms with Crippen molar-refractivity contribution in [3.63, 3.8) is 0 Å². The van der Waals surface area contributed by atoms with Gasteiger partial charge in [-0.1, -0.05) is 84.9 Å². The minimum atomic E-state index is -0.581. The van der Waals surface area contributed by atoms with E-state index in [0.29, 0.717) is 16.8 Å². The lowest BCUT2D eigenvalue weighted by Gasteiger charge is -2.11. The molecule has 0 atom stereocenters. The lowest BCUT2D eigenvalue weighted by atomic mass is 10.0. The summed E-state index contributed by atoms with van der Waals surface area (Å²) in [7, 11) is 0. The van der Waals surface area contributed by atoms with Crippen LogP contribution in [0.3, 0.4) is 0 Å². The maximum atomic E-state index is 12.9. The Morgan fingerprint density at radius 3 is 1.44 bits per heavy atom. The molecule has 0 unspecified atom stereocenters. The lowest BCUT2D eigenvalue weighted by Crippen LogP contribution is -2.15. The molecule has 39 heavy (non-hydrogen) atoms. The maximum Gasteiger partial charge on any atom is 0.292 e. The summed E-state index contributed by atoms with van der Waals surface area (Å²) in [6.45, 7) is 0. The van der Waals surface area contributed by atoms with Crippen LogP contribution in [0, 0.1) is 10.1 Å². The van der Waals surface area contributed by atoms with Crippen LogP contribution in [0.25, 0.3) is 22.3 Å². The Kier molecular flexibility index (Phi) is 7.23. The number of nitro benzene ring substituents is 1. The van der Waals surface area contributed by atoms with E-state index < -0.39 is 10.8 Å². The second-order valence-electron chi connectivity index (χ2n) is 8.78. The molecule has 2 amide bonds. The third-order valence-corrected chi connectivity index (χ3v) is 6.21. The first kappa shape index (κ1) is 25.1. The van der Waals surface area contributed by atoms with E-state index in [1.807, 2.05) is 84.9 Å². The molecule has 5 aromatic rings. The molecule has 0 aromatic heterocycles. The molecule has 0 bridgehead atoms. The van der Waals surface area contributed by atoms with Crippen molar-refractivity contribution in [2.75, 3.05) is 10.6 Å². The van der Waals surface area contributed by atoms with E-state index in [-0.39, 0.29) is 17.3 Å². The molecule has 7 nitrogen and oxygen atoms in total. The normalized spacial score (nSPS) is 10.5. The van der Waals surface area contributed by atoms with Gasteiger partial charge in [0, 0.05) is 22.9 Å². The number of hydrogen-bond donors (Lipinski definition) is 2. The Morgan fingerprint density at radius 2 is 0.974 bits per heavy atom. The Labute approximate surface area is 224 Å². The van der Waals surface area contributed by atoms with Crippen molar-refractivity contribution in [2.45, 2.75) is 0 Å². The Morgan fingerprint density at radius 1 is 0.538 bits per heavy atom. The minimum Gasteiger partial charge on any atom is -0.322 e. The Bertz CT molecular complexity index is 1630. The van der Waals surface area contributed by atoms with E-state index in [1.165, 1.54) is 18.2 Å². The van der Waals surface area contributed by atoms with Crippen molar-refractivity contribution in [3.8, 4) is 22.3 Å². The zero-order chi connectivity index (χ0) is 27.2. The van der Waals surface area contributed by atoms with Crippen LogP contribution in [0.1, 0.15) is 20.7 Å². The number of carbonyl (C=O) groups excluding carboxylic acids is 2. The molecule has 0 aliphatic heterocycles. The van der Waals surface area contributed by atoms with Crippen molar-refractivity contribution in [2.24, 2.45) is 0 Å². The molecule has 0 aliphatic rings. The van der Waals surface area contributed by atoms with Gasteiger partial charge in [-0.25, -0.2) is 0 Å². The van der Waals surface area contributed by atoms with Gasteiger partial charge in [-0.05, 0) is 58.7 Å². The lowest BCUT2D eigenvalue weighted by molar-refractivity contribution is -0.383. The summed E-state index contributed by atoms with van der Waals surface area (Å²) in [4.78, 5) is 36.8. The number of amides is 2. The highest BCUT2D eigenvalue weighted by atomic mass is 16.6. The van der Waals surface area contributed by atoms with Gasteiger partial charge in [0.25, 0.3) is 17.5 Å². The first-order chi connectivity index (χ1) is 19.0. The number of nitrogens with one attached hydrogen (secondary N) is 2. The number of nitrogens with zero attached hydrogens (tertiary/aromatic N) is 1. The fourth-order valence-corrected chi connectivity index (χ4v) is 4.16. The first-order valence-electron chi connectivity index (χ1n) is 12.2. The molecule has 0 spiro atoms. The molecule has 0 heterocycles. The largest absolute Gasteiger partial charge is 0.322 e. The van der Waals surface area contributed by atoms with Crippen LogP contribution < -0.4 is 10.6 Å². The van der Waals surface area contributed by atoms with Gasteiger partial charge in [0.05, 0.1) is 4.92 Å². The Hall–Kier alpha value is -5.56. The predicted octanol–water partition coefficient (Wildman–Crippen LogP) is 7.43. The number of rotatable bonds is 7. The molecular formula is C32H23N3O4. The van der Waals surface area contributed by atoms with E-state index in [0.717, 1.165) is 22.3 Å². The van der Waals surface area contributed by atoms with Crippen LogP contribution in [0.5, 0.6) is 0 Å². The zero-order valence-corrected chi connectivity index (χ0v) is 20.7. The van der Waals surface area contributed by atoms with Crippen LogP contribution >= 0.6 is 0 Å². The van der Waals surface area contributed by atoms with Gasteiger partial charge >= 0.3 is 0 Å². The summed E-state index contributed by atoms with van der Waals surface area (Å²) in [5.74, 6) is -0.880. The summed E-state index contributed by atoms with van der Waals surface area (Å²) in [5, 5.41) is 17.0. The minimum absolute atomic E-state index is 0.0191. The molecule has 0 aliphatic carbocycles. The summed E-state index contributed by atoms with van der Waals surface area (Å²) in [6.07, 6.45) is 0.